The molecule has 0 radical (unpaired) electrons. The fourth-order valence-corrected chi connectivity index (χ4v) is 5.84. The monoisotopic (exact) mass is 469 g/mol. The Balaban J connectivity index is 1.49. The normalized spacial score (nSPS) is 19.2. The highest BCUT2D eigenvalue weighted by atomic mass is 32.2. The first-order valence-electron chi connectivity index (χ1n) is 10.7. The first-order valence-corrected chi connectivity index (χ1v) is 12.2. The van der Waals surface area contributed by atoms with Crippen molar-refractivity contribution in [3.05, 3.63) is 54.1 Å². The van der Waals surface area contributed by atoms with E-state index in [1.807, 2.05) is 12.1 Å². The molecule has 2 heterocycles. The van der Waals surface area contributed by atoms with E-state index < -0.39 is 15.9 Å². The molecule has 1 amide bonds. The third-order valence-electron chi connectivity index (χ3n) is 5.64. The van der Waals surface area contributed by atoms with E-state index in [0.717, 1.165) is 17.7 Å². The molecule has 1 aliphatic rings. The Hall–Kier alpha value is -3.24. The van der Waals surface area contributed by atoms with Crippen molar-refractivity contribution in [1.29, 1.82) is 0 Å². The van der Waals surface area contributed by atoms with Gasteiger partial charge in [-0.15, -0.1) is 5.10 Å². The smallest absolute Gasteiger partial charge is 0.258 e. The number of carbonyl (C=O) groups is 1. The minimum absolute atomic E-state index is 0.0951. The lowest BCUT2D eigenvalue weighted by atomic mass is 9.94. The van der Waals surface area contributed by atoms with Gasteiger partial charge in [0.05, 0.1) is 12.0 Å². The van der Waals surface area contributed by atoms with E-state index in [-0.39, 0.29) is 16.4 Å². The number of hydrogen-bond acceptors (Lipinski definition) is 6. The molecule has 0 saturated carbocycles. The predicted molar refractivity (Wildman–Crippen MR) is 124 cm³/mol. The van der Waals surface area contributed by atoms with Crippen LogP contribution in [-0.4, -0.2) is 54.0 Å². The van der Waals surface area contributed by atoms with Gasteiger partial charge in [-0.05, 0) is 60.7 Å². The van der Waals surface area contributed by atoms with Crippen molar-refractivity contribution in [3.63, 3.8) is 0 Å². The van der Waals surface area contributed by atoms with Crippen LogP contribution in [0.1, 0.15) is 30.6 Å². The van der Waals surface area contributed by atoms with Gasteiger partial charge in [-0.1, -0.05) is 19.9 Å². The van der Waals surface area contributed by atoms with Crippen LogP contribution in [0.4, 0.5) is 5.95 Å². The van der Waals surface area contributed by atoms with E-state index in [0.29, 0.717) is 30.7 Å². The highest BCUT2D eigenvalue weighted by Gasteiger charge is 2.32. The van der Waals surface area contributed by atoms with E-state index in [1.165, 1.54) is 16.4 Å². The minimum Gasteiger partial charge on any atom is -0.497 e. The van der Waals surface area contributed by atoms with Gasteiger partial charge in [0, 0.05) is 24.2 Å². The van der Waals surface area contributed by atoms with Crippen LogP contribution in [0.25, 0.3) is 11.4 Å². The maximum atomic E-state index is 13.2. The summed E-state index contributed by atoms with van der Waals surface area (Å²) in [5.41, 5.74) is 0.992. The van der Waals surface area contributed by atoms with E-state index >= 15 is 0 Å². The molecule has 0 unspecified atom stereocenters. The van der Waals surface area contributed by atoms with Crippen LogP contribution >= 0.6 is 0 Å². The molecule has 2 N–H and O–H groups in total. The summed E-state index contributed by atoms with van der Waals surface area (Å²) in [7, 11) is -2.10. The zero-order chi connectivity index (χ0) is 23.6. The predicted octanol–water partition coefficient (Wildman–Crippen LogP) is 3.40. The molecule has 174 valence electrons. The quantitative estimate of drug-likeness (QED) is 0.571. The van der Waals surface area contributed by atoms with Crippen LogP contribution < -0.4 is 10.1 Å². The van der Waals surface area contributed by atoms with Crippen molar-refractivity contribution < 1.29 is 17.9 Å². The van der Waals surface area contributed by atoms with Gasteiger partial charge >= 0.3 is 0 Å². The molecule has 33 heavy (non-hydrogen) atoms. The molecule has 3 aromatic rings. The number of ether oxygens (including phenoxy) is 1. The second-order valence-corrected chi connectivity index (χ2v) is 10.4. The molecule has 10 heteroatoms. The van der Waals surface area contributed by atoms with Gasteiger partial charge in [0.2, 0.25) is 16.0 Å². The number of H-pyrrole nitrogens is 1. The fraction of sp³-hybridized carbons (Fsp3) is 0.348. The standard InChI is InChI=1S/C23H27N5O4S/c1-15-11-16(2)14-28(13-15)33(30,31)20-6-4-5-18(12-20)22(29)25-23-24-21(26-27-23)17-7-9-19(32-3)10-8-17/h4-10,12,15-16H,11,13-14H2,1-3H3,(H2,24,25,26,27,29)/t15-,16-/m0/s1. The lowest BCUT2D eigenvalue weighted by Gasteiger charge is -2.34. The average molecular weight is 470 g/mol. The van der Waals surface area contributed by atoms with Crippen molar-refractivity contribution >= 4 is 21.9 Å². The second-order valence-electron chi connectivity index (χ2n) is 8.49. The second kappa shape index (κ2) is 9.32. The summed E-state index contributed by atoms with van der Waals surface area (Å²) in [6.07, 6.45) is 1.00. The summed E-state index contributed by atoms with van der Waals surface area (Å²) < 4.78 is 33.0. The molecule has 0 aliphatic carbocycles. The number of anilines is 1. The Morgan fingerprint density at radius 2 is 1.82 bits per heavy atom. The van der Waals surface area contributed by atoms with E-state index in [4.69, 9.17) is 4.74 Å². The number of rotatable bonds is 6. The van der Waals surface area contributed by atoms with Crippen LogP contribution in [0, 0.1) is 11.8 Å². The van der Waals surface area contributed by atoms with Gasteiger partial charge in [-0.2, -0.15) is 9.29 Å². The minimum atomic E-state index is -3.69. The highest BCUT2D eigenvalue weighted by Crippen LogP contribution is 2.27. The molecule has 0 spiro atoms. The number of amides is 1. The van der Waals surface area contributed by atoms with Crippen LogP contribution in [0.15, 0.2) is 53.4 Å². The number of sulfonamides is 1. The fourth-order valence-electron chi connectivity index (χ4n) is 4.12. The van der Waals surface area contributed by atoms with Crippen molar-refractivity contribution in [3.8, 4) is 17.1 Å². The maximum Gasteiger partial charge on any atom is 0.258 e. The van der Waals surface area contributed by atoms with Gasteiger partial charge < -0.3 is 4.74 Å². The first kappa shape index (κ1) is 22.9. The summed E-state index contributed by atoms with van der Waals surface area (Å²) >= 11 is 0. The largest absolute Gasteiger partial charge is 0.497 e. The highest BCUT2D eigenvalue weighted by molar-refractivity contribution is 7.89. The Bertz CT molecular complexity index is 1230. The molecule has 2 atom stereocenters. The van der Waals surface area contributed by atoms with Gasteiger partial charge in [-0.3, -0.25) is 15.2 Å². The summed E-state index contributed by atoms with van der Waals surface area (Å²) in [6, 6.07) is 13.3. The van der Waals surface area contributed by atoms with Gasteiger partial charge in [0.1, 0.15) is 5.75 Å². The summed E-state index contributed by atoms with van der Waals surface area (Å²) in [5, 5.41) is 9.44. The number of nitrogens with one attached hydrogen (secondary N) is 2. The number of aromatic nitrogens is 3. The van der Waals surface area contributed by atoms with Gasteiger partial charge in [0.25, 0.3) is 5.91 Å². The molecule has 1 aliphatic heterocycles. The van der Waals surface area contributed by atoms with Crippen LogP contribution in [0.3, 0.4) is 0 Å². The average Bonchev–Trinajstić information content (AvgIpc) is 3.27. The maximum absolute atomic E-state index is 13.2. The molecule has 1 aromatic heterocycles. The Morgan fingerprint density at radius 1 is 1.12 bits per heavy atom. The third kappa shape index (κ3) is 5.07. The molecule has 9 nitrogen and oxygen atoms in total. The number of nitrogens with zero attached hydrogens (tertiary/aromatic N) is 3. The van der Waals surface area contributed by atoms with Crippen LogP contribution in [0.5, 0.6) is 5.75 Å². The first-order chi connectivity index (χ1) is 15.8. The summed E-state index contributed by atoms with van der Waals surface area (Å²) in [5.74, 6) is 1.39. The zero-order valence-electron chi connectivity index (χ0n) is 18.8. The Morgan fingerprint density at radius 3 is 2.48 bits per heavy atom. The zero-order valence-corrected chi connectivity index (χ0v) is 19.6. The molecule has 2 aromatic carbocycles. The van der Waals surface area contributed by atoms with Gasteiger partial charge in [-0.25, -0.2) is 8.42 Å². The van der Waals surface area contributed by atoms with Gasteiger partial charge in [0.15, 0.2) is 5.82 Å². The van der Waals surface area contributed by atoms with Crippen LogP contribution in [-0.2, 0) is 10.0 Å². The number of piperidine rings is 1. The number of benzene rings is 2. The summed E-state index contributed by atoms with van der Waals surface area (Å²) in [6.45, 7) is 5.07. The molecular formula is C23H27N5O4S. The van der Waals surface area contributed by atoms with E-state index in [1.54, 1.807) is 31.4 Å². The molecule has 1 fully saturated rings. The van der Waals surface area contributed by atoms with Crippen molar-refractivity contribution in [2.75, 3.05) is 25.5 Å². The number of aromatic amines is 1. The Kier molecular flexibility index (Phi) is 6.48. The topological polar surface area (TPSA) is 117 Å². The summed E-state index contributed by atoms with van der Waals surface area (Å²) in [4.78, 5) is 17.2. The third-order valence-corrected chi connectivity index (χ3v) is 7.47. The van der Waals surface area contributed by atoms with Crippen molar-refractivity contribution in [2.45, 2.75) is 25.2 Å². The number of carbonyl (C=O) groups excluding carboxylic acids is 1. The number of hydrogen-bond donors (Lipinski definition) is 2. The molecule has 4 rings (SSSR count). The molecular weight excluding hydrogens is 442 g/mol. The number of methoxy groups -OCH3 is 1. The van der Waals surface area contributed by atoms with Crippen LogP contribution in [0.2, 0.25) is 0 Å². The van der Waals surface area contributed by atoms with E-state index in [2.05, 4.69) is 34.3 Å². The van der Waals surface area contributed by atoms with Crippen molar-refractivity contribution in [1.82, 2.24) is 19.5 Å². The lowest BCUT2D eigenvalue weighted by molar-refractivity contribution is 0.102. The molecule has 1 saturated heterocycles. The SMILES string of the molecule is COc1ccc(-c2nc(NC(=O)c3cccc(S(=O)(=O)N4C[C@@H](C)C[C@H](C)C4)c3)n[nH]2)cc1. The van der Waals surface area contributed by atoms with Crippen molar-refractivity contribution in [2.24, 2.45) is 11.8 Å². The molecule has 0 bridgehead atoms. The lowest BCUT2D eigenvalue weighted by Crippen LogP contribution is -2.42. The van der Waals surface area contributed by atoms with E-state index in [9.17, 15) is 13.2 Å². The Labute approximate surface area is 193 Å².